The van der Waals surface area contributed by atoms with Crippen LogP contribution < -0.4 is 0 Å². The molecule has 0 spiro atoms. The minimum absolute atomic E-state index is 0.217. The summed E-state index contributed by atoms with van der Waals surface area (Å²) >= 11 is 0. The summed E-state index contributed by atoms with van der Waals surface area (Å²) in [6.45, 7) is 11.7. The molecule has 0 saturated carbocycles. The van der Waals surface area contributed by atoms with Crippen molar-refractivity contribution in [3.63, 3.8) is 0 Å². The van der Waals surface area contributed by atoms with Crippen LogP contribution in [0.5, 0.6) is 0 Å². The zero-order valence-electron chi connectivity index (χ0n) is 10.8. The van der Waals surface area contributed by atoms with E-state index in [0.717, 1.165) is 32.7 Å². The first-order chi connectivity index (χ1) is 7.23. The van der Waals surface area contributed by atoms with Gasteiger partial charge in [0.2, 0.25) is 6.41 Å². The van der Waals surface area contributed by atoms with Gasteiger partial charge in [0.05, 0.1) is 0 Å². The van der Waals surface area contributed by atoms with E-state index in [1.165, 1.54) is 0 Å². The Balaban J connectivity index is 3.97. The molecule has 0 aliphatic carbocycles. The van der Waals surface area contributed by atoms with Gasteiger partial charge in [0.25, 0.3) is 0 Å². The summed E-state index contributed by atoms with van der Waals surface area (Å²) in [5.74, 6) is 0. The minimum Gasteiger partial charge on any atom is -0.343 e. The molecule has 0 rings (SSSR count). The monoisotopic (exact) mass is 218 g/mol. The van der Waals surface area contributed by atoms with Gasteiger partial charge >= 0.3 is 0 Å². The number of ether oxygens (including phenoxy) is 2. The number of likely N-dealkylation sites (N-methyl/N-ethyl adjacent to an activating group) is 2. The Bertz CT molecular complexity index is 137. The molecular formula is C11H26N2O2. The molecule has 0 heterocycles. The first-order valence-corrected chi connectivity index (χ1v) is 5.75. The molecule has 15 heavy (non-hydrogen) atoms. The van der Waals surface area contributed by atoms with Crippen molar-refractivity contribution in [1.82, 2.24) is 9.80 Å². The Morgan fingerprint density at radius 1 is 0.867 bits per heavy atom. The van der Waals surface area contributed by atoms with Gasteiger partial charge in [0, 0.05) is 33.9 Å². The van der Waals surface area contributed by atoms with Crippen LogP contribution in [0.25, 0.3) is 0 Å². The lowest BCUT2D eigenvalue weighted by Crippen LogP contribution is -2.42. The Morgan fingerprint density at radius 2 is 1.40 bits per heavy atom. The van der Waals surface area contributed by atoms with E-state index in [1.807, 2.05) is 0 Å². The second-order valence-electron chi connectivity index (χ2n) is 3.43. The molecule has 0 saturated heterocycles. The summed E-state index contributed by atoms with van der Waals surface area (Å²) in [5, 5.41) is 0. The quantitative estimate of drug-likeness (QED) is 0.543. The molecule has 4 heteroatoms. The smallest absolute Gasteiger partial charge is 0.218 e. The maximum absolute atomic E-state index is 5.24. The van der Waals surface area contributed by atoms with E-state index < -0.39 is 0 Å². The van der Waals surface area contributed by atoms with Crippen molar-refractivity contribution in [2.75, 3.05) is 46.9 Å². The van der Waals surface area contributed by atoms with E-state index >= 15 is 0 Å². The third-order valence-electron chi connectivity index (χ3n) is 2.71. The standard InChI is InChI=1S/C11H26N2O2/c1-6-12(7-2)9-10-13(8-3)11(14-4)15-5/h11H,6-10H2,1-5H3. The molecule has 0 atom stereocenters. The fourth-order valence-corrected chi connectivity index (χ4v) is 1.62. The summed E-state index contributed by atoms with van der Waals surface area (Å²) in [6, 6.07) is 0. The van der Waals surface area contributed by atoms with Crippen LogP contribution in [0.2, 0.25) is 0 Å². The molecule has 0 amide bonds. The molecule has 0 radical (unpaired) electrons. The topological polar surface area (TPSA) is 24.9 Å². The van der Waals surface area contributed by atoms with Gasteiger partial charge in [-0.25, -0.2) is 0 Å². The number of hydrogen-bond donors (Lipinski definition) is 0. The first-order valence-electron chi connectivity index (χ1n) is 5.75. The van der Waals surface area contributed by atoms with Gasteiger partial charge < -0.3 is 14.4 Å². The maximum Gasteiger partial charge on any atom is 0.218 e. The van der Waals surface area contributed by atoms with Crippen LogP contribution in [0.3, 0.4) is 0 Å². The number of nitrogens with zero attached hydrogens (tertiary/aromatic N) is 2. The van der Waals surface area contributed by atoms with Crippen molar-refractivity contribution in [3.05, 3.63) is 0 Å². The molecule has 92 valence electrons. The van der Waals surface area contributed by atoms with E-state index in [1.54, 1.807) is 14.2 Å². The highest BCUT2D eigenvalue weighted by Gasteiger charge is 2.15. The van der Waals surface area contributed by atoms with Crippen LogP contribution >= 0.6 is 0 Å². The van der Waals surface area contributed by atoms with E-state index in [-0.39, 0.29) is 6.41 Å². The Kier molecular flexibility index (Phi) is 9.00. The second-order valence-corrected chi connectivity index (χ2v) is 3.43. The van der Waals surface area contributed by atoms with Crippen molar-refractivity contribution < 1.29 is 9.47 Å². The van der Waals surface area contributed by atoms with Crippen molar-refractivity contribution in [2.24, 2.45) is 0 Å². The average molecular weight is 218 g/mol. The van der Waals surface area contributed by atoms with Gasteiger partial charge in [-0.1, -0.05) is 20.8 Å². The van der Waals surface area contributed by atoms with Crippen LogP contribution in [-0.2, 0) is 9.47 Å². The molecule has 0 aliphatic rings. The Morgan fingerprint density at radius 3 is 1.73 bits per heavy atom. The maximum atomic E-state index is 5.24. The predicted octanol–water partition coefficient (Wildman–Crippen LogP) is 1.23. The first kappa shape index (κ1) is 14.8. The van der Waals surface area contributed by atoms with Gasteiger partial charge in [-0.2, -0.15) is 0 Å². The van der Waals surface area contributed by atoms with Gasteiger partial charge in [0.15, 0.2) is 0 Å². The summed E-state index contributed by atoms with van der Waals surface area (Å²) in [6.07, 6.45) is -0.217. The SMILES string of the molecule is CCN(CC)CCN(CC)C(OC)OC. The van der Waals surface area contributed by atoms with Crippen molar-refractivity contribution in [3.8, 4) is 0 Å². The van der Waals surface area contributed by atoms with Crippen LogP contribution in [0.1, 0.15) is 20.8 Å². The molecule has 0 aliphatic heterocycles. The summed E-state index contributed by atoms with van der Waals surface area (Å²) in [4.78, 5) is 4.57. The number of hydrogen-bond acceptors (Lipinski definition) is 4. The molecule has 0 unspecified atom stereocenters. The second kappa shape index (κ2) is 9.09. The molecule has 0 aromatic heterocycles. The number of rotatable bonds is 9. The van der Waals surface area contributed by atoms with E-state index in [2.05, 4.69) is 30.6 Å². The third kappa shape index (κ3) is 5.47. The summed E-state index contributed by atoms with van der Waals surface area (Å²) < 4.78 is 10.5. The van der Waals surface area contributed by atoms with Crippen molar-refractivity contribution in [2.45, 2.75) is 27.2 Å². The molecule has 0 bridgehead atoms. The van der Waals surface area contributed by atoms with E-state index in [4.69, 9.17) is 9.47 Å². The zero-order valence-corrected chi connectivity index (χ0v) is 10.8. The molecule has 0 aromatic carbocycles. The lowest BCUT2D eigenvalue weighted by Gasteiger charge is -2.30. The zero-order chi connectivity index (χ0) is 11.7. The Hall–Kier alpha value is -0.160. The molecular weight excluding hydrogens is 192 g/mol. The molecule has 0 aromatic rings. The van der Waals surface area contributed by atoms with Gasteiger partial charge in [0.1, 0.15) is 0 Å². The minimum atomic E-state index is -0.217. The third-order valence-corrected chi connectivity index (χ3v) is 2.71. The van der Waals surface area contributed by atoms with Crippen molar-refractivity contribution >= 4 is 0 Å². The fraction of sp³-hybridized carbons (Fsp3) is 1.00. The predicted molar refractivity (Wildman–Crippen MR) is 62.8 cm³/mol. The lowest BCUT2D eigenvalue weighted by atomic mass is 10.4. The van der Waals surface area contributed by atoms with Crippen LogP contribution in [0.4, 0.5) is 0 Å². The highest BCUT2D eigenvalue weighted by Crippen LogP contribution is 2.01. The largest absolute Gasteiger partial charge is 0.343 e. The molecule has 0 N–H and O–H groups in total. The van der Waals surface area contributed by atoms with Crippen LogP contribution in [-0.4, -0.2) is 63.2 Å². The van der Waals surface area contributed by atoms with Gasteiger partial charge in [-0.15, -0.1) is 0 Å². The lowest BCUT2D eigenvalue weighted by molar-refractivity contribution is -0.195. The average Bonchev–Trinajstić information content (AvgIpc) is 2.29. The normalized spacial score (nSPS) is 12.0. The summed E-state index contributed by atoms with van der Waals surface area (Å²) in [7, 11) is 3.35. The van der Waals surface area contributed by atoms with Crippen LogP contribution in [0.15, 0.2) is 0 Å². The van der Waals surface area contributed by atoms with E-state index in [0.29, 0.717) is 0 Å². The number of methoxy groups -OCH3 is 2. The van der Waals surface area contributed by atoms with Gasteiger partial charge in [-0.05, 0) is 13.1 Å². The van der Waals surface area contributed by atoms with Gasteiger partial charge in [-0.3, -0.25) is 4.90 Å². The van der Waals surface area contributed by atoms with E-state index in [9.17, 15) is 0 Å². The summed E-state index contributed by atoms with van der Waals surface area (Å²) in [5.41, 5.74) is 0. The highest BCUT2D eigenvalue weighted by molar-refractivity contribution is 4.59. The van der Waals surface area contributed by atoms with Crippen LogP contribution in [0, 0.1) is 0 Å². The molecule has 0 fully saturated rings. The Labute approximate surface area is 94.1 Å². The highest BCUT2D eigenvalue weighted by atomic mass is 16.7. The molecule has 4 nitrogen and oxygen atoms in total. The fourth-order valence-electron chi connectivity index (χ4n) is 1.62. The van der Waals surface area contributed by atoms with Crippen molar-refractivity contribution in [1.29, 1.82) is 0 Å².